The molecular formula is C21H25N5O. The van der Waals surface area contributed by atoms with Gasteiger partial charge in [-0.1, -0.05) is 30.3 Å². The van der Waals surface area contributed by atoms with Crippen LogP contribution >= 0.6 is 0 Å². The average molecular weight is 363 g/mol. The highest BCUT2D eigenvalue weighted by molar-refractivity contribution is 5.55. The molecule has 5 rings (SSSR count). The van der Waals surface area contributed by atoms with E-state index >= 15 is 0 Å². The van der Waals surface area contributed by atoms with Crippen LogP contribution in [-0.4, -0.2) is 51.2 Å². The highest BCUT2D eigenvalue weighted by Gasteiger charge is 2.43. The first kappa shape index (κ1) is 16.7. The Morgan fingerprint density at radius 2 is 1.85 bits per heavy atom. The van der Waals surface area contributed by atoms with Gasteiger partial charge in [-0.15, -0.1) is 10.2 Å². The minimum atomic E-state index is 0.0661. The molecule has 1 fully saturated rings. The molecule has 0 aliphatic carbocycles. The van der Waals surface area contributed by atoms with Gasteiger partial charge < -0.3 is 8.98 Å². The van der Waals surface area contributed by atoms with Crippen molar-refractivity contribution >= 4 is 0 Å². The summed E-state index contributed by atoms with van der Waals surface area (Å²) in [7, 11) is 2.19. The van der Waals surface area contributed by atoms with Crippen LogP contribution in [0, 0.1) is 0 Å². The Hall–Kier alpha value is -2.44. The van der Waals surface area contributed by atoms with Crippen molar-refractivity contribution in [1.82, 2.24) is 24.6 Å². The standard InChI is InChI=1S/C21H25N5O/c1-24-15-19-22-23-20(17-6-3-2-4-7-17)26(19)21(16-24)9-11-25(12-10-21)14-18-8-5-13-27-18/h2-8,13H,9-12,14-16H2,1H3. The predicted molar refractivity (Wildman–Crippen MR) is 103 cm³/mol. The van der Waals surface area contributed by atoms with Crippen molar-refractivity contribution in [1.29, 1.82) is 0 Å². The van der Waals surface area contributed by atoms with Gasteiger partial charge in [-0.25, -0.2) is 0 Å². The van der Waals surface area contributed by atoms with Crippen LogP contribution in [0.1, 0.15) is 24.4 Å². The summed E-state index contributed by atoms with van der Waals surface area (Å²) in [5.41, 5.74) is 1.22. The van der Waals surface area contributed by atoms with E-state index in [1.54, 1.807) is 6.26 Å². The molecule has 3 aromatic rings. The molecule has 0 saturated carbocycles. The van der Waals surface area contributed by atoms with E-state index in [-0.39, 0.29) is 5.54 Å². The summed E-state index contributed by atoms with van der Waals surface area (Å²) in [6, 6.07) is 14.5. The summed E-state index contributed by atoms with van der Waals surface area (Å²) in [6.45, 7) is 4.91. The van der Waals surface area contributed by atoms with E-state index in [9.17, 15) is 0 Å². The first-order valence-corrected chi connectivity index (χ1v) is 9.67. The zero-order valence-corrected chi connectivity index (χ0v) is 15.7. The van der Waals surface area contributed by atoms with Gasteiger partial charge in [0.15, 0.2) is 5.82 Å². The van der Waals surface area contributed by atoms with Crippen LogP contribution in [0.15, 0.2) is 53.1 Å². The molecule has 0 radical (unpaired) electrons. The van der Waals surface area contributed by atoms with Crippen LogP contribution in [0.25, 0.3) is 11.4 Å². The number of likely N-dealkylation sites (N-methyl/N-ethyl adjacent to an activating group) is 1. The number of rotatable bonds is 3. The monoisotopic (exact) mass is 363 g/mol. The van der Waals surface area contributed by atoms with Gasteiger partial charge in [0.2, 0.25) is 0 Å². The number of benzene rings is 1. The highest BCUT2D eigenvalue weighted by Crippen LogP contribution is 2.39. The van der Waals surface area contributed by atoms with Crippen molar-refractivity contribution in [3.63, 3.8) is 0 Å². The van der Waals surface area contributed by atoms with Gasteiger partial charge >= 0.3 is 0 Å². The topological polar surface area (TPSA) is 50.3 Å². The smallest absolute Gasteiger partial charge is 0.164 e. The number of hydrogen-bond acceptors (Lipinski definition) is 5. The molecule has 2 aliphatic heterocycles. The van der Waals surface area contributed by atoms with E-state index in [0.29, 0.717) is 0 Å². The van der Waals surface area contributed by atoms with Crippen molar-refractivity contribution in [3.05, 3.63) is 60.3 Å². The molecule has 1 aromatic carbocycles. The lowest BCUT2D eigenvalue weighted by molar-refractivity contribution is 0.0467. The number of fused-ring (bicyclic) bond motifs is 2. The van der Waals surface area contributed by atoms with E-state index in [4.69, 9.17) is 4.42 Å². The number of likely N-dealkylation sites (tertiary alicyclic amines) is 1. The molecule has 0 N–H and O–H groups in total. The van der Waals surface area contributed by atoms with Crippen molar-refractivity contribution in [2.24, 2.45) is 0 Å². The molecule has 1 spiro atoms. The van der Waals surface area contributed by atoms with E-state index in [1.807, 2.05) is 12.1 Å². The first-order valence-electron chi connectivity index (χ1n) is 9.67. The molecule has 0 atom stereocenters. The number of nitrogens with zero attached hydrogens (tertiary/aromatic N) is 5. The SMILES string of the molecule is CN1Cc2nnc(-c3ccccc3)n2C2(CCN(Cc3ccco3)CC2)C1. The Morgan fingerprint density at radius 3 is 2.59 bits per heavy atom. The van der Waals surface area contributed by atoms with Gasteiger partial charge in [0.1, 0.15) is 11.6 Å². The van der Waals surface area contributed by atoms with Gasteiger partial charge in [0.05, 0.1) is 24.9 Å². The third kappa shape index (κ3) is 2.99. The van der Waals surface area contributed by atoms with Crippen LogP contribution < -0.4 is 0 Å². The van der Waals surface area contributed by atoms with Crippen LogP contribution in [0.5, 0.6) is 0 Å². The second-order valence-corrected chi connectivity index (χ2v) is 7.89. The minimum absolute atomic E-state index is 0.0661. The van der Waals surface area contributed by atoms with Crippen molar-refractivity contribution in [2.45, 2.75) is 31.5 Å². The lowest BCUT2D eigenvalue weighted by Gasteiger charge is -2.48. The Labute approximate surface area is 159 Å². The minimum Gasteiger partial charge on any atom is -0.468 e. The Balaban J connectivity index is 1.45. The van der Waals surface area contributed by atoms with Crippen LogP contribution in [-0.2, 0) is 18.6 Å². The van der Waals surface area contributed by atoms with Crippen molar-refractivity contribution < 1.29 is 4.42 Å². The molecule has 0 unspecified atom stereocenters. The normalized spacial score (nSPS) is 20.0. The third-order valence-electron chi connectivity index (χ3n) is 5.96. The van der Waals surface area contributed by atoms with Crippen LogP contribution in [0.2, 0.25) is 0 Å². The molecule has 27 heavy (non-hydrogen) atoms. The summed E-state index contributed by atoms with van der Waals surface area (Å²) in [5.74, 6) is 3.14. The average Bonchev–Trinajstić information content (AvgIpc) is 3.34. The molecule has 0 bridgehead atoms. The summed E-state index contributed by atoms with van der Waals surface area (Å²) in [4.78, 5) is 4.88. The molecule has 140 valence electrons. The Bertz CT molecular complexity index is 894. The van der Waals surface area contributed by atoms with Crippen LogP contribution in [0.4, 0.5) is 0 Å². The van der Waals surface area contributed by atoms with E-state index in [2.05, 4.69) is 61.9 Å². The molecule has 2 aliphatic rings. The summed E-state index contributed by atoms with van der Waals surface area (Å²) < 4.78 is 7.99. The fourth-order valence-electron chi connectivity index (χ4n) is 4.69. The predicted octanol–water partition coefficient (Wildman–Crippen LogP) is 2.97. The van der Waals surface area contributed by atoms with Crippen LogP contribution in [0.3, 0.4) is 0 Å². The van der Waals surface area contributed by atoms with Gasteiger partial charge in [-0.3, -0.25) is 9.80 Å². The maximum Gasteiger partial charge on any atom is 0.164 e. The molecule has 6 nitrogen and oxygen atoms in total. The second-order valence-electron chi connectivity index (χ2n) is 7.89. The van der Waals surface area contributed by atoms with Gasteiger partial charge in [-0.2, -0.15) is 0 Å². The summed E-state index contributed by atoms with van der Waals surface area (Å²) in [6.07, 6.45) is 3.96. The van der Waals surface area contributed by atoms with Crippen molar-refractivity contribution in [2.75, 3.05) is 26.7 Å². The largest absolute Gasteiger partial charge is 0.468 e. The zero-order chi connectivity index (χ0) is 18.3. The fourth-order valence-corrected chi connectivity index (χ4v) is 4.69. The highest BCUT2D eigenvalue weighted by atomic mass is 16.3. The summed E-state index contributed by atoms with van der Waals surface area (Å²) >= 11 is 0. The van der Waals surface area contributed by atoms with E-state index < -0.39 is 0 Å². The lowest BCUT2D eigenvalue weighted by Crippen LogP contribution is -2.55. The number of aromatic nitrogens is 3. The summed E-state index contributed by atoms with van der Waals surface area (Å²) in [5, 5.41) is 9.15. The first-order chi connectivity index (χ1) is 13.2. The number of furan rings is 1. The molecule has 1 saturated heterocycles. The maximum absolute atomic E-state index is 5.54. The molecule has 0 amide bonds. The van der Waals surface area contributed by atoms with E-state index in [0.717, 1.165) is 68.5 Å². The van der Waals surface area contributed by atoms with Gasteiger partial charge in [0, 0.05) is 25.2 Å². The number of hydrogen-bond donors (Lipinski definition) is 0. The quantitative estimate of drug-likeness (QED) is 0.716. The van der Waals surface area contributed by atoms with Crippen molar-refractivity contribution in [3.8, 4) is 11.4 Å². The number of piperidine rings is 1. The fraction of sp³-hybridized carbons (Fsp3) is 0.429. The van der Waals surface area contributed by atoms with Gasteiger partial charge in [0.25, 0.3) is 0 Å². The molecule has 4 heterocycles. The van der Waals surface area contributed by atoms with Gasteiger partial charge in [-0.05, 0) is 32.0 Å². The third-order valence-corrected chi connectivity index (χ3v) is 5.96. The lowest BCUT2D eigenvalue weighted by atomic mass is 9.84. The Kier molecular flexibility index (Phi) is 4.10. The zero-order valence-electron chi connectivity index (χ0n) is 15.7. The molecular weight excluding hydrogens is 338 g/mol. The van der Waals surface area contributed by atoms with E-state index in [1.165, 1.54) is 0 Å². The Morgan fingerprint density at radius 1 is 1.04 bits per heavy atom. The second kappa shape index (κ2) is 6.62. The molecule has 6 heteroatoms. The maximum atomic E-state index is 5.54. The molecule has 2 aromatic heterocycles.